The third kappa shape index (κ3) is 4.61. The van der Waals surface area contributed by atoms with Crippen LogP contribution in [0.5, 0.6) is 0 Å². The largest absolute Gasteiger partial charge is 0.367 e. The molecular weight excluding hydrogens is 537 g/mol. The number of benzene rings is 1. The molecule has 1 N–H and O–H groups in total. The first-order valence-electron chi connectivity index (χ1n) is 12.9. The maximum absolute atomic E-state index is 13.5. The summed E-state index contributed by atoms with van der Waals surface area (Å²) < 4.78 is 0. The molecule has 0 fully saturated rings. The van der Waals surface area contributed by atoms with E-state index in [1.165, 1.54) is 10.5 Å². The molecule has 5 heterocycles. The van der Waals surface area contributed by atoms with E-state index in [4.69, 9.17) is 23.2 Å². The van der Waals surface area contributed by atoms with E-state index in [0.717, 1.165) is 29.8 Å². The number of hydrogen-bond donors (Lipinski definition) is 1. The number of halogens is 2. The van der Waals surface area contributed by atoms with Gasteiger partial charge in [-0.15, -0.1) is 15.0 Å². The highest BCUT2D eigenvalue weighted by atomic mass is 35.5. The molecule has 1 aromatic carbocycles. The number of hydrogen-bond acceptors (Lipinski definition) is 8. The van der Waals surface area contributed by atoms with E-state index in [1.807, 2.05) is 17.2 Å². The van der Waals surface area contributed by atoms with Crippen LogP contribution in [-0.2, 0) is 0 Å². The lowest BCUT2D eigenvalue weighted by Crippen LogP contribution is -2.48. The number of nitrogens with one attached hydrogen (secondary N) is 1. The third-order valence-corrected chi connectivity index (χ3v) is 8.39. The van der Waals surface area contributed by atoms with Crippen molar-refractivity contribution in [2.24, 2.45) is 0 Å². The Morgan fingerprint density at radius 3 is 2.64 bits per heavy atom. The van der Waals surface area contributed by atoms with E-state index >= 15 is 0 Å². The Bertz CT molecular complexity index is 1500. The van der Waals surface area contributed by atoms with Crippen LogP contribution in [0.15, 0.2) is 59.7 Å². The minimum atomic E-state index is -0.0519. The minimum absolute atomic E-state index is 0.0401. The lowest BCUT2D eigenvalue weighted by atomic mass is 9.97. The third-order valence-electron chi connectivity index (χ3n) is 7.65. The fourth-order valence-electron chi connectivity index (χ4n) is 5.41. The maximum atomic E-state index is 13.5. The maximum Gasteiger partial charge on any atom is 0.254 e. The van der Waals surface area contributed by atoms with Gasteiger partial charge >= 0.3 is 0 Å². The standard InChI is InChI=1S/C27H29Cl2N9O/c1-15-9-24-21(13-36(15)27(39)19-5-7-22(28)23(29)10-19)25-14-35(12-16(2)37(25)33-24)17(3)20-6-8-26(30-11-20)38-32-18(4)31-34-38/h5-8,10-11,14-17,33H,9,12-13H2,1-4H3/t15-,16-,17?/m1/s1. The number of fused-ring (bicyclic) bond motifs is 2. The fraction of sp³-hybridized carbons (Fsp3) is 0.370. The van der Waals surface area contributed by atoms with Gasteiger partial charge in [0.15, 0.2) is 11.6 Å². The number of rotatable bonds is 4. The minimum Gasteiger partial charge on any atom is -0.367 e. The van der Waals surface area contributed by atoms with Gasteiger partial charge in [0.05, 0.1) is 34.4 Å². The number of hydrazine groups is 1. The van der Waals surface area contributed by atoms with E-state index in [9.17, 15) is 4.79 Å². The van der Waals surface area contributed by atoms with Gasteiger partial charge in [-0.25, -0.2) is 4.98 Å². The molecule has 202 valence electrons. The van der Waals surface area contributed by atoms with Crippen molar-refractivity contribution >= 4 is 29.1 Å². The zero-order valence-electron chi connectivity index (χ0n) is 22.1. The van der Waals surface area contributed by atoms with Crippen LogP contribution in [0, 0.1) is 6.92 Å². The van der Waals surface area contributed by atoms with Crippen molar-refractivity contribution in [2.75, 3.05) is 13.1 Å². The predicted molar refractivity (Wildman–Crippen MR) is 148 cm³/mol. The highest BCUT2D eigenvalue weighted by Gasteiger charge is 2.40. The van der Waals surface area contributed by atoms with Crippen LogP contribution >= 0.6 is 23.2 Å². The molecule has 0 bridgehead atoms. The van der Waals surface area contributed by atoms with Gasteiger partial charge in [-0.1, -0.05) is 29.3 Å². The summed E-state index contributed by atoms with van der Waals surface area (Å²) in [4.78, 5) is 23.7. The van der Waals surface area contributed by atoms with E-state index in [1.54, 1.807) is 25.1 Å². The van der Waals surface area contributed by atoms with Gasteiger partial charge in [-0.05, 0) is 62.7 Å². The Morgan fingerprint density at radius 2 is 1.95 bits per heavy atom. The molecule has 0 radical (unpaired) electrons. The van der Waals surface area contributed by atoms with Crippen molar-refractivity contribution in [1.29, 1.82) is 0 Å². The summed E-state index contributed by atoms with van der Waals surface area (Å²) in [5.74, 6) is 1.17. The van der Waals surface area contributed by atoms with Crippen molar-refractivity contribution in [1.82, 2.24) is 45.4 Å². The van der Waals surface area contributed by atoms with Gasteiger partial charge < -0.3 is 15.2 Å². The van der Waals surface area contributed by atoms with Crippen LogP contribution in [0.2, 0.25) is 10.0 Å². The molecule has 3 aromatic rings. The summed E-state index contributed by atoms with van der Waals surface area (Å²) in [5, 5.41) is 15.2. The number of nitrogens with zero attached hydrogens (tertiary/aromatic N) is 8. The van der Waals surface area contributed by atoms with Gasteiger partial charge in [0.25, 0.3) is 5.91 Å². The molecule has 1 unspecified atom stereocenters. The van der Waals surface area contributed by atoms with Gasteiger partial charge in [-0.3, -0.25) is 9.80 Å². The highest BCUT2D eigenvalue weighted by molar-refractivity contribution is 6.42. The average Bonchev–Trinajstić information content (AvgIpc) is 3.52. The molecule has 10 nitrogen and oxygen atoms in total. The van der Waals surface area contributed by atoms with Crippen LogP contribution in [0.1, 0.15) is 55.0 Å². The number of amides is 1. The van der Waals surface area contributed by atoms with Gasteiger partial charge in [0, 0.05) is 48.2 Å². The Morgan fingerprint density at radius 1 is 1.13 bits per heavy atom. The molecule has 3 aliphatic rings. The van der Waals surface area contributed by atoms with Crippen molar-refractivity contribution in [2.45, 2.75) is 52.2 Å². The summed E-state index contributed by atoms with van der Waals surface area (Å²) in [5.41, 5.74) is 8.67. The van der Waals surface area contributed by atoms with Crippen molar-refractivity contribution < 1.29 is 4.79 Å². The van der Waals surface area contributed by atoms with E-state index < -0.39 is 0 Å². The molecule has 39 heavy (non-hydrogen) atoms. The molecule has 0 aliphatic carbocycles. The summed E-state index contributed by atoms with van der Waals surface area (Å²) >= 11 is 12.3. The van der Waals surface area contributed by atoms with Crippen molar-refractivity contribution in [3.63, 3.8) is 0 Å². The molecule has 0 saturated carbocycles. The Balaban J connectivity index is 1.24. The summed E-state index contributed by atoms with van der Waals surface area (Å²) in [6, 6.07) is 9.37. The van der Waals surface area contributed by atoms with Crippen LogP contribution in [0.3, 0.4) is 0 Å². The monoisotopic (exact) mass is 565 g/mol. The van der Waals surface area contributed by atoms with E-state index in [0.29, 0.717) is 33.8 Å². The quantitative estimate of drug-likeness (QED) is 0.500. The summed E-state index contributed by atoms with van der Waals surface area (Å²) in [6.07, 6.45) is 4.82. The van der Waals surface area contributed by atoms with Crippen LogP contribution in [0.25, 0.3) is 5.82 Å². The predicted octanol–water partition coefficient (Wildman–Crippen LogP) is 4.29. The normalized spacial score (nSPS) is 21.4. The topological polar surface area (TPSA) is 95.3 Å². The number of pyridine rings is 1. The lowest BCUT2D eigenvalue weighted by molar-refractivity contribution is 0.0698. The Labute approximate surface area is 236 Å². The van der Waals surface area contributed by atoms with E-state index in [-0.39, 0.29) is 24.0 Å². The average molecular weight is 566 g/mol. The number of carbonyl (C=O) groups excluding carboxylic acids is 1. The van der Waals surface area contributed by atoms with Crippen LogP contribution < -0.4 is 5.43 Å². The van der Waals surface area contributed by atoms with Gasteiger partial charge in [-0.2, -0.15) is 0 Å². The molecule has 12 heteroatoms. The Hall–Kier alpha value is -3.63. The van der Waals surface area contributed by atoms with Gasteiger partial charge in [0.2, 0.25) is 0 Å². The Kier molecular flexibility index (Phi) is 6.47. The first-order valence-corrected chi connectivity index (χ1v) is 13.7. The zero-order valence-corrected chi connectivity index (χ0v) is 23.6. The number of aromatic nitrogens is 5. The van der Waals surface area contributed by atoms with E-state index in [2.05, 4.69) is 68.8 Å². The summed E-state index contributed by atoms with van der Waals surface area (Å²) in [7, 11) is 0. The molecule has 6 rings (SSSR count). The smallest absolute Gasteiger partial charge is 0.254 e. The number of carbonyl (C=O) groups is 1. The van der Waals surface area contributed by atoms with Crippen molar-refractivity contribution in [3.8, 4) is 5.82 Å². The first-order chi connectivity index (χ1) is 18.7. The zero-order chi connectivity index (χ0) is 27.4. The molecule has 0 saturated heterocycles. The number of tetrazole rings is 1. The molecular formula is C27H29Cl2N9O. The number of aryl methyl sites for hydroxylation is 1. The second-order valence-electron chi connectivity index (χ2n) is 10.4. The fourth-order valence-corrected chi connectivity index (χ4v) is 5.71. The molecule has 0 spiro atoms. The van der Waals surface area contributed by atoms with Crippen LogP contribution in [0.4, 0.5) is 0 Å². The van der Waals surface area contributed by atoms with Gasteiger partial charge in [0.1, 0.15) is 0 Å². The van der Waals surface area contributed by atoms with Crippen molar-refractivity contribution in [3.05, 3.63) is 86.7 Å². The summed E-state index contributed by atoms with van der Waals surface area (Å²) in [6.45, 7) is 9.61. The SMILES string of the molecule is Cc1nnn(-c2ccc(C(C)N3C=C4C5=C(C[C@@H](C)N(C(=O)c6ccc(Cl)c(Cl)c6)C5)NN4[C@H](C)C3)cn2)n1. The second kappa shape index (κ2) is 9.84. The second-order valence-corrected chi connectivity index (χ2v) is 11.2. The first kappa shape index (κ1) is 25.6. The lowest BCUT2D eigenvalue weighted by Gasteiger charge is -2.41. The van der Waals surface area contributed by atoms with Crippen LogP contribution in [-0.4, -0.2) is 71.1 Å². The molecule has 3 atom stereocenters. The highest BCUT2D eigenvalue weighted by Crippen LogP contribution is 2.38. The molecule has 1 amide bonds. The molecule has 3 aliphatic heterocycles. The molecule has 2 aromatic heterocycles.